The van der Waals surface area contributed by atoms with Crippen LogP contribution in [0.1, 0.15) is 31.2 Å². The second-order valence-electron chi connectivity index (χ2n) is 6.81. The van der Waals surface area contributed by atoms with Gasteiger partial charge in [0, 0.05) is 13.0 Å². The van der Waals surface area contributed by atoms with Crippen LogP contribution >= 0.6 is 0 Å². The largest absolute Gasteiger partial charge is 0.451 e. The molecule has 4 nitrogen and oxygen atoms in total. The lowest BCUT2D eigenvalue weighted by Gasteiger charge is -2.22. The molecule has 0 bridgehead atoms. The molecule has 2 N–H and O–H groups in total. The van der Waals surface area contributed by atoms with Gasteiger partial charge in [-0.05, 0) is 68.1 Å². The molecule has 1 aliphatic rings. The van der Waals surface area contributed by atoms with Gasteiger partial charge in [-0.3, -0.25) is 4.79 Å². The van der Waals surface area contributed by atoms with Crippen LogP contribution in [0.3, 0.4) is 0 Å². The lowest BCUT2D eigenvalue weighted by atomic mass is 9.93. The van der Waals surface area contributed by atoms with Crippen molar-refractivity contribution >= 4 is 5.91 Å². The summed E-state index contributed by atoms with van der Waals surface area (Å²) < 4.78 is 33.1. The first-order valence-corrected chi connectivity index (χ1v) is 9.30. The summed E-state index contributed by atoms with van der Waals surface area (Å²) in [5.74, 6) is -0.664. The molecule has 0 unspecified atom stereocenters. The zero-order valence-corrected chi connectivity index (χ0v) is 15.1. The monoisotopic (exact) mass is 374 g/mol. The molecule has 1 fully saturated rings. The number of nitrogens with one attached hydrogen (secondary N) is 2. The van der Waals surface area contributed by atoms with Crippen LogP contribution in [0.15, 0.2) is 42.5 Å². The number of carbonyl (C=O) groups excluding carboxylic acids is 1. The third-order valence-corrected chi connectivity index (χ3v) is 4.78. The Morgan fingerprint density at radius 2 is 1.81 bits per heavy atom. The van der Waals surface area contributed by atoms with Crippen molar-refractivity contribution in [1.82, 2.24) is 10.6 Å². The minimum Gasteiger partial charge on any atom is -0.451 e. The normalized spacial score (nSPS) is 14.7. The number of carbonyl (C=O) groups is 1. The smallest absolute Gasteiger partial charge is 0.220 e. The van der Waals surface area contributed by atoms with Gasteiger partial charge in [0.25, 0.3) is 0 Å². The summed E-state index contributed by atoms with van der Waals surface area (Å²) in [6, 6.07) is 10.2. The number of benzene rings is 2. The Morgan fingerprint density at radius 3 is 2.56 bits per heavy atom. The molecule has 1 heterocycles. The molecule has 3 rings (SSSR count). The third-order valence-electron chi connectivity index (χ3n) is 4.78. The molecule has 0 spiro atoms. The van der Waals surface area contributed by atoms with Gasteiger partial charge in [0.2, 0.25) is 5.91 Å². The van der Waals surface area contributed by atoms with Crippen molar-refractivity contribution in [3.05, 3.63) is 59.7 Å². The minimum atomic E-state index is -0.597. The fourth-order valence-electron chi connectivity index (χ4n) is 3.18. The molecule has 27 heavy (non-hydrogen) atoms. The van der Waals surface area contributed by atoms with Crippen molar-refractivity contribution in [2.45, 2.75) is 32.2 Å². The van der Waals surface area contributed by atoms with Crippen LogP contribution in [0.5, 0.6) is 11.5 Å². The Morgan fingerprint density at radius 1 is 1.07 bits per heavy atom. The van der Waals surface area contributed by atoms with E-state index in [1.54, 1.807) is 12.1 Å². The van der Waals surface area contributed by atoms with E-state index in [1.165, 1.54) is 30.3 Å². The van der Waals surface area contributed by atoms with Crippen LogP contribution in [0.4, 0.5) is 8.78 Å². The fourth-order valence-corrected chi connectivity index (χ4v) is 3.18. The van der Waals surface area contributed by atoms with Gasteiger partial charge in [0.05, 0.1) is 0 Å². The number of hydrogen-bond donors (Lipinski definition) is 2. The van der Waals surface area contributed by atoms with E-state index < -0.39 is 11.6 Å². The van der Waals surface area contributed by atoms with Gasteiger partial charge < -0.3 is 15.4 Å². The highest BCUT2D eigenvalue weighted by Gasteiger charge is 2.14. The summed E-state index contributed by atoms with van der Waals surface area (Å²) >= 11 is 0. The highest BCUT2D eigenvalue weighted by Crippen LogP contribution is 2.27. The average molecular weight is 374 g/mol. The van der Waals surface area contributed by atoms with Crippen molar-refractivity contribution in [2.75, 3.05) is 13.1 Å². The van der Waals surface area contributed by atoms with E-state index in [9.17, 15) is 13.6 Å². The molecule has 2 aromatic rings. The number of hydrogen-bond acceptors (Lipinski definition) is 3. The topological polar surface area (TPSA) is 50.4 Å². The molecule has 1 amide bonds. The Labute approximate surface area is 157 Å². The van der Waals surface area contributed by atoms with E-state index in [1.807, 2.05) is 0 Å². The Hall–Kier alpha value is -2.47. The molecule has 0 aliphatic carbocycles. The molecule has 0 saturated carbocycles. The maximum absolute atomic E-state index is 14.2. The molecule has 0 radical (unpaired) electrons. The van der Waals surface area contributed by atoms with Crippen LogP contribution in [0.2, 0.25) is 0 Å². The number of rotatable bonds is 7. The zero-order valence-electron chi connectivity index (χ0n) is 15.1. The molecule has 1 saturated heterocycles. The van der Waals surface area contributed by atoms with Crippen molar-refractivity contribution in [1.29, 1.82) is 0 Å². The average Bonchev–Trinajstić information content (AvgIpc) is 2.69. The third kappa shape index (κ3) is 5.76. The fraction of sp³-hybridized carbons (Fsp3) is 0.381. The quantitative estimate of drug-likeness (QED) is 0.765. The lowest BCUT2D eigenvalue weighted by Crippen LogP contribution is -2.29. The van der Waals surface area contributed by atoms with Crippen LogP contribution in [0.25, 0.3) is 0 Å². The standard InChI is InChI=1S/C21H24F2N2O2/c22-17-3-1-2-4-19(17)27-20-7-5-16(13-18(20)23)14-25-21(26)8-6-15-9-11-24-12-10-15/h1-5,7,13,15,24H,6,8-12,14H2,(H,25,26). The van der Waals surface area contributed by atoms with Gasteiger partial charge >= 0.3 is 0 Å². The molecule has 6 heteroatoms. The number of halogens is 2. The predicted octanol–water partition coefficient (Wildman–Crippen LogP) is 4.15. The molecule has 0 atom stereocenters. The first-order chi connectivity index (χ1) is 13.1. The second kappa shape index (κ2) is 9.46. The van der Waals surface area contributed by atoms with Gasteiger partial charge in [0.15, 0.2) is 23.1 Å². The predicted molar refractivity (Wildman–Crippen MR) is 99.5 cm³/mol. The van der Waals surface area contributed by atoms with Crippen LogP contribution in [-0.4, -0.2) is 19.0 Å². The van der Waals surface area contributed by atoms with Crippen molar-refractivity contribution in [3.8, 4) is 11.5 Å². The van der Waals surface area contributed by atoms with Gasteiger partial charge in [-0.2, -0.15) is 0 Å². The van der Waals surface area contributed by atoms with E-state index in [-0.39, 0.29) is 24.0 Å². The van der Waals surface area contributed by atoms with Gasteiger partial charge in [-0.15, -0.1) is 0 Å². The van der Waals surface area contributed by atoms with E-state index in [2.05, 4.69) is 10.6 Å². The molecule has 144 valence electrons. The SMILES string of the molecule is O=C(CCC1CCNCC1)NCc1ccc(Oc2ccccc2F)c(F)c1. The summed E-state index contributed by atoms with van der Waals surface area (Å²) in [5.41, 5.74) is 0.628. The Kier molecular flexibility index (Phi) is 6.76. The van der Waals surface area contributed by atoms with Crippen molar-refractivity contribution < 1.29 is 18.3 Å². The summed E-state index contributed by atoms with van der Waals surface area (Å²) in [4.78, 5) is 12.0. The van der Waals surface area contributed by atoms with E-state index >= 15 is 0 Å². The van der Waals surface area contributed by atoms with E-state index in [4.69, 9.17) is 4.74 Å². The molecule has 0 aromatic heterocycles. The van der Waals surface area contributed by atoms with E-state index in [0.717, 1.165) is 32.4 Å². The first-order valence-electron chi connectivity index (χ1n) is 9.30. The first kappa shape index (κ1) is 19.3. The lowest BCUT2D eigenvalue weighted by molar-refractivity contribution is -0.121. The number of amides is 1. The number of ether oxygens (including phenoxy) is 1. The van der Waals surface area contributed by atoms with Gasteiger partial charge in [-0.1, -0.05) is 18.2 Å². The van der Waals surface area contributed by atoms with Gasteiger partial charge in [0.1, 0.15) is 0 Å². The Bertz CT molecular complexity index is 777. The van der Waals surface area contributed by atoms with Crippen molar-refractivity contribution in [3.63, 3.8) is 0 Å². The minimum absolute atomic E-state index is 0.0272. The summed E-state index contributed by atoms with van der Waals surface area (Å²) in [6.07, 6.45) is 3.60. The molecular weight excluding hydrogens is 350 g/mol. The highest BCUT2D eigenvalue weighted by atomic mass is 19.1. The summed E-state index contributed by atoms with van der Waals surface area (Å²) in [7, 11) is 0. The Balaban J connectivity index is 1.48. The maximum atomic E-state index is 14.2. The number of piperidine rings is 1. The summed E-state index contributed by atoms with van der Waals surface area (Å²) in [5, 5.41) is 6.13. The number of para-hydroxylation sites is 1. The van der Waals surface area contributed by atoms with E-state index in [0.29, 0.717) is 17.9 Å². The summed E-state index contributed by atoms with van der Waals surface area (Å²) in [6.45, 7) is 2.29. The molecular formula is C21H24F2N2O2. The van der Waals surface area contributed by atoms with Crippen molar-refractivity contribution in [2.24, 2.45) is 5.92 Å². The van der Waals surface area contributed by atoms with Crippen LogP contribution in [0, 0.1) is 17.6 Å². The van der Waals surface area contributed by atoms with Crippen LogP contribution in [-0.2, 0) is 11.3 Å². The van der Waals surface area contributed by atoms with Gasteiger partial charge in [-0.25, -0.2) is 8.78 Å². The zero-order chi connectivity index (χ0) is 19.1. The van der Waals surface area contributed by atoms with Crippen LogP contribution < -0.4 is 15.4 Å². The second-order valence-corrected chi connectivity index (χ2v) is 6.81. The highest BCUT2D eigenvalue weighted by molar-refractivity contribution is 5.75. The maximum Gasteiger partial charge on any atom is 0.220 e. The molecule has 2 aromatic carbocycles. The molecule has 1 aliphatic heterocycles.